The number of rotatable bonds is 3. The second-order valence-corrected chi connectivity index (χ2v) is 6.52. The number of guanidine groups is 1. The van der Waals surface area contributed by atoms with Crippen LogP contribution in [0.3, 0.4) is 0 Å². The molecule has 0 fully saturated rings. The molecule has 4 nitrogen and oxygen atoms in total. The van der Waals surface area contributed by atoms with E-state index in [2.05, 4.69) is 74.9 Å². The van der Waals surface area contributed by atoms with E-state index in [1.165, 1.54) is 27.6 Å². The molecule has 0 saturated carbocycles. The number of hydrogen-bond donors (Lipinski definition) is 2. The first-order valence-corrected chi connectivity index (χ1v) is 8.92. The molecule has 128 valence electrons. The Kier molecular flexibility index (Phi) is 4.42. The molecule has 1 aliphatic heterocycles. The average Bonchev–Trinajstić information content (AvgIpc) is 3.08. The Morgan fingerprint density at radius 2 is 1.92 bits per heavy atom. The van der Waals surface area contributed by atoms with Gasteiger partial charge < -0.3 is 15.2 Å². The van der Waals surface area contributed by atoms with Crippen molar-refractivity contribution in [2.45, 2.75) is 19.4 Å². The molecular formula is C21H24N4. The Morgan fingerprint density at radius 1 is 1.12 bits per heavy atom. The molecule has 0 amide bonds. The molecule has 0 saturated heterocycles. The first-order chi connectivity index (χ1) is 12.3. The highest BCUT2D eigenvalue weighted by Gasteiger charge is 2.18. The number of nitrogens with one attached hydrogen (secondary N) is 2. The van der Waals surface area contributed by atoms with E-state index in [0.717, 1.165) is 38.4 Å². The van der Waals surface area contributed by atoms with Crippen LogP contribution in [0.25, 0.3) is 10.9 Å². The topological polar surface area (TPSA) is 43.4 Å². The Bertz CT molecular complexity index is 894. The minimum atomic E-state index is 0.882. The van der Waals surface area contributed by atoms with Gasteiger partial charge in [-0.25, -0.2) is 0 Å². The number of aliphatic imine (C=N–C) groups is 1. The summed E-state index contributed by atoms with van der Waals surface area (Å²) >= 11 is 0. The van der Waals surface area contributed by atoms with Gasteiger partial charge in [-0.15, -0.1) is 0 Å². The molecule has 4 rings (SSSR count). The third-order valence-corrected chi connectivity index (χ3v) is 4.99. The largest absolute Gasteiger partial charge is 0.361 e. The zero-order chi connectivity index (χ0) is 17.1. The quantitative estimate of drug-likeness (QED) is 0.571. The molecule has 0 bridgehead atoms. The molecule has 1 aromatic heterocycles. The van der Waals surface area contributed by atoms with E-state index >= 15 is 0 Å². The van der Waals surface area contributed by atoms with E-state index in [-0.39, 0.29) is 0 Å². The summed E-state index contributed by atoms with van der Waals surface area (Å²) in [6.07, 6.45) is 4.18. The molecule has 0 radical (unpaired) electrons. The highest BCUT2D eigenvalue weighted by Crippen LogP contribution is 2.19. The number of nitrogens with zero attached hydrogens (tertiary/aromatic N) is 2. The van der Waals surface area contributed by atoms with E-state index < -0.39 is 0 Å². The fourth-order valence-electron chi connectivity index (χ4n) is 3.66. The third-order valence-electron chi connectivity index (χ3n) is 4.99. The van der Waals surface area contributed by atoms with Gasteiger partial charge in [0.15, 0.2) is 5.96 Å². The first-order valence-electron chi connectivity index (χ1n) is 8.92. The Hall–Kier alpha value is -2.75. The first kappa shape index (κ1) is 15.8. The highest BCUT2D eigenvalue weighted by atomic mass is 15.3. The summed E-state index contributed by atoms with van der Waals surface area (Å²) in [5.41, 5.74) is 5.43. The number of para-hydroxylation sites is 1. The molecule has 0 unspecified atom stereocenters. The number of hydrogen-bond acceptors (Lipinski definition) is 1. The van der Waals surface area contributed by atoms with Crippen LogP contribution in [0.5, 0.6) is 0 Å². The van der Waals surface area contributed by atoms with Gasteiger partial charge in [-0.05, 0) is 35.6 Å². The normalized spacial score (nSPS) is 14.6. The predicted molar refractivity (Wildman–Crippen MR) is 104 cm³/mol. The van der Waals surface area contributed by atoms with E-state index in [0.29, 0.717) is 0 Å². The minimum absolute atomic E-state index is 0.882. The standard InChI is InChI=1S/C21H24N4/c1-22-21(25-13-11-16-6-2-3-7-18(16)15-25)23-12-10-17-14-24-20-9-5-4-8-19(17)20/h2-9,14,24H,10-13,15H2,1H3,(H,22,23). The number of aromatic nitrogens is 1. The molecule has 3 aromatic rings. The van der Waals surface area contributed by atoms with Crippen molar-refractivity contribution >= 4 is 16.9 Å². The van der Waals surface area contributed by atoms with Crippen molar-refractivity contribution in [2.24, 2.45) is 4.99 Å². The second-order valence-electron chi connectivity index (χ2n) is 6.52. The molecule has 0 atom stereocenters. The smallest absolute Gasteiger partial charge is 0.193 e. The van der Waals surface area contributed by atoms with Gasteiger partial charge in [0.05, 0.1) is 0 Å². The van der Waals surface area contributed by atoms with Crippen molar-refractivity contribution in [2.75, 3.05) is 20.1 Å². The van der Waals surface area contributed by atoms with Gasteiger partial charge >= 0.3 is 0 Å². The Labute approximate surface area is 148 Å². The molecule has 2 aromatic carbocycles. The van der Waals surface area contributed by atoms with Crippen LogP contribution in [0.4, 0.5) is 0 Å². The van der Waals surface area contributed by atoms with Crippen LogP contribution in [0.2, 0.25) is 0 Å². The fraction of sp³-hybridized carbons (Fsp3) is 0.286. The minimum Gasteiger partial charge on any atom is -0.361 e. The van der Waals surface area contributed by atoms with Crippen LogP contribution in [0.15, 0.2) is 59.7 Å². The lowest BCUT2D eigenvalue weighted by Gasteiger charge is -2.31. The molecule has 1 aliphatic rings. The van der Waals surface area contributed by atoms with Crippen LogP contribution in [-0.4, -0.2) is 36.0 Å². The number of benzene rings is 2. The summed E-state index contributed by atoms with van der Waals surface area (Å²) in [7, 11) is 1.87. The lowest BCUT2D eigenvalue weighted by molar-refractivity contribution is 0.379. The van der Waals surface area contributed by atoms with Crippen LogP contribution >= 0.6 is 0 Å². The van der Waals surface area contributed by atoms with E-state index in [9.17, 15) is 0 Å². The highest BCUT2D eigenvalue weighted by molar-refractivity contribution is 5.83. The van der Waals surface area contributed by atoms with Gasteiger partial charge in [-0.2, -0.15) is 0 Å². The van der Waals surface area contributed by atoms with Gasteiger partial charge in [0.25, 0.3) is 0 Å². The monoisotopic (exact) mass is 332 g/mol. The van der Waals surface area contributed by atoms with Gasteiger partial charge in [0, 0.05) is 43.8 Å². The zero-order valence-corrected chi connectivity index (χ0v) is 14.6. The second kappa shape index (κ2) is 7.01. The van der Waals surface area contributed by atoms with Crippen LogP contribution in [0.1, 0.15) is 16.7 Å². The molecular weight excluding hydrogens is 308 g/mol. The zero-order valence-electron chi connectivity index (χ0n) is 14.6. The van der Waals surface area contributed by atoms with Crippen LogP contribution < -0.4 is 5.32 Å². The molecule has 0 aliphatic carbocycles. The fourth-order valence-corrected chi connectivity index (χ4v) is 3.66. The van der Waals surface area contributed by atoms with Gasteiger partial charge in [-0.1, -0.05) is 42.5 Å². The summed E-state index contributed by atoms with van der Waals surface area (Å²) in [4.78, 5) is 10.2. The third kappa shape index (κ3) is 3.25. The van der Waals surface area contributed by atoms with Crippen molar-refractivity contribution in [3.8, 4) is 0 Å². The Morgan fingerprint density at radius 3 is 2.80 bits per heavy atom. The summed E-state index contributed by atoms with van der Waals surface area (Å²) in [5, 5.41) is 4.85. The SMILES string of the molecule is CN=C(NCCc1c[nH]c2ccccc12)N1CCc2ccccc2C1. The maximum atomic E-state index is 4.49. The summed E-state index contributed by atoms with van der Waals surface area (Å²) in [5.74, 6) is 0.995. The summed E-state index contributed by atoms with van der Waals surface area (Å²) < 4.78 is 0. The molecule has 4 heteroatoms. The maximum Gasteiger partial charge on any atom is 0.193 e. The average molecular weight is 332 g/mol. The Balaban J connectivity index is 1.38. The number of aromatic amines is 1. The summed E-state index contributed by atoms with van der Waals surface area (Å²) in [6.45, 7) is 2.83. The molecule has 2 heterocycles. The predicted octanol–water partition coefficient (Wildman–Crippen LogP) is 3.34. The van der Waals surface area contributed by atoms with Crippen molar-refractivity contribution in [1.82, 2.24) is 15.2 Å². The maximum absolute atomic E-state index is 4.49. The van der Waals surface area contributed by atoms with Crippen molar-refractivity contribution in [1.29, 1.82) is 0 Å². The van der Waals surface area contributed by atoms with Gasteiger partial charge in [0.2, 0.25) is 0 Å². The number of fused-ring (bicyclic) bond motifs is 2. The van der Waals surface area contributed by atoms with Crippen molar-refractivity contribution < 1.29 is 0 Å². The molecule has 2 N–H and O–H groups in total. The van der Waals surface area contributed by atoms with Crippen molar-refractivity contribution in [3.63, 3.8) is 0 Å². The summed E-state index contributed by atoms with van der Waals surface area (Å²) in [6, 6.07) is 17.2. The van der Waals surface area contributed by atoms with E-state index in [1.807, 2.05) is 7.05 Å². The molecule has 0 spiro atoms. The lowest BCUT2D eigenvalue weighted by atomic mass is 10.0. The van der Waals surface area contributed by atoms with E-state index in [1.54, 1.807) is 0 Å². The van der Waals surface area contributed by atoms with Crippen LogP contribution in [0, 0.1) is 0 Å². The van der Waals surface area contributed by atoms with Gasteiger partial charge in [0.1, 0.15) is 0 Å². The van der Waals surface area contributed by atoms with Crippen molar-refractivity contribution in [3.05, 3.63) is 71.4 Å². The number of H-pyrrole nitrogens is 1. The molecule has 25 heavy (non-hydrogen) atoms. The van der Waals surface area contributed by atoms with E-state index in [4.69, 9.17) is 0 Å². The van der Waals surface area contributed by atoms with Crippen LogP contribution in [-0.2, 0) is 19.4 Å². The van der Waals surface area contributed by atoms with Gasteiger partial charge in [-0.3, -0.25) is 4.99 Å². The lowest BCUT2D eigenvalue weighted by Crippen LogP contribution is -2.44.